The summed E-state index contributed by atoms with van der Waals surface area (Å²) in [5, 5.41) is 4.98. The van der Waals surface area contributed by atoms with Crippen LogP contribution in [0.2, 0.25) is 0 Å². The van der Waals surface area contributed by atoms with Crippen molar-refractivity contribution in [3.8, 4) is 0 Å². The van der Waals surface area contributed by atoms with Gasteiger partial charge in [-0.2, -0.15) is 11.8 Å². The molecule has 2 aliphatic rings. The number of carbonyl (C=O) groups excluding carboxylic acids is 2. The molecule has 29 heavy (non-hydrogen) atoms. The lowest BCUT2D eigenvalue weighted by molar-refractivity contribution is -0.126. The number of benzene rings is 1. The molecule has 0 radical (unpaired) electrons. The summed E-state index contributed by atoms with van der Waals surface area (Å²) in [7, 11) is 0. The van der Waals surface area contributed by atoms with Gasteiger partial charge >= 0.3 is 0 Å². The minimum atomic E-state index is -0.127. The second-order valence-electron chi connectivity index (χ2n) is 7.55. The van der Waals surface area contributed by atoms with Gasteiger partial charge in [0, 0.05) is 49.9 Å². The molecular formula is C22H27N3O2S2. The summed E-state index contributed by atoms with van der Waals surface area (Å²) >= 11 is 3.47. The van der Waals surface area contributed by atoms with Crippen molar-refractivity contribution in [2.24, 2.45) is 5.92 Å². The molecule has 2 aliphatic heterocycles. The summed E-state index contributed by atoms with van der Waals surface area (Å²) in [6.07, 6.45) is 1.71. The van der Waals surface area contributed by atoms with E-state index in [1.54, 1.807) is 0 Å². The molecule has 3 heterocycles. The summed E-state index contributed by atoms with van der Waals surface area (Å²) in [4.78, 5) is 30.2. The number of anilines is 1. The van der Waals surface area contributed by atoms with Gasteiger partial charge < -0.3 is 15.1 Å². The van der Waals surface area contributed by atoms with Crippen LogP contribution in [0.3, 0.4) is 0 Å². The van der Waals surface area contributed by atoms with Gasteiger partial charge in [0.2, 0.25) is 5.91 Å². The molecule has 1 aromatic carbocycles. The molecule has 0 aliphatic carbocycles. The van der Waals surface area contributed by atoms with Crippen LogP contribution >= 0.6 is 23.1 Å². The Morgan fingerprint density at radius 1 is 1.07 bits per heavy atom. The fourth-order valence-corrected chi connectivity index (χ4v) is 5.51. The summed E-state index contributed by atoms with van der Waals surface area (Å²) in [5.74, 6) is 2.34. The van der Waals surface area contributed by atoms with Gasteiger partial charge in [0.05, 0.1) is 10.8 Å². The zero-order valence-electron chi connectivity index (χ0n) is 16.5. The number of hydrogen-bond donors (Lipinski definition) is 1. The number of nitrogens with one attached hydrogen (secondary N) is 1. The number of thioether (sulfide) groups is 1. The molecule has 2 aromatic rings. The van der Waals surface area contributed by atoms with Gasteiger partial charge in [0.1, 0.15) is 0 Å². The summed E-state index contributed by atoms with van der Waals surface area (Å²) < 4.78 is 0. The summed E-state index contributed by atoms with van der Waals surface area (Å²) in [6, 6.07) is 12.2. The second kappa shape index (κ2) is 9.67. The molecule has 1 N–H and O–H groups in total. The molecule has 1 unspecified atom stereocenters. The van der Waals surface area contributed by atoms with Crippen LogP contribution in [0.1, 0.15) is 28.1 Å². The maximum atomic E-state index is 12.7. The van der Waals surface area contributed by atoms with E-state index in [-0.39, 0.29) is 17.7 Å². The van der Waals surface area contributed by atoms with E-state index >= 15 is 0 Å². The lowest BCUT2D eigenvalue weighted by Gasteiger charge is -2.31. The minimum Gasteiger partial charge on any atom is -0.370 e. The largest absolute Gasteiger partial charge is 0.370 e. The number of thiophene rings is 1. The van der Waals surface area contributed by atoms with Crippen LogP contribution in [0.15, 0.2) is 41.8 Å². The van der Waals surface area contributed by atoms with Crippen LogP contribution in [-0.4, -0.2) is 54.4 Å². The molecular weight excluding hydrogens is 402 g/mol. The minimum absolute atomic E-state index is 0.0456. The first-order valence-corrected chi connectivity index (χ1v) is 12.3. The number of amides is 2. The van der Waals surface area contributed by atoms with Crippen LogP contribution in [-0.2, 0) is 11.3 Å². The Morgan fingerprint density at radius 3 is 2.59 bits per heavy atom. The smallest absolute Gasteiger partial charge is 0.263 e. The van der Waals surface area contributed by atoms with Gasteiger partial charge in [0.15, 0.2) is 0 Å². The molecule has 0 saturated carbocycles. The Balaban J connectivity index is 1.28. The highest BCUT2D eigenvalue weighted by Gasteiger charge is 2.29. The predicted molar refractivity (Wildman–Crippen MR) is 121 cm³/mol. The van der Waals surface area contributed by atoms with E-state index in [1.165, 1.54) is 28.5 Å². The molecule has 0 spiro atoms. The third-order valence-corrected chi connectivity index (χ3v) is 7.39. The van der Waals surface area contributed by atoms with Gasteiger partial charge in [0.25, 0.3) is 5.91 Å². The Morgan fingerprint density at radius 2 is 1.86 bits per heavy atom. The molecule has 2 saturated heterocycles. The molecule has 1 atom stereocenters. The van der Waals surface area contributed by atoms with Crippen molar-refractivity contribution in [1.82, 2.24) is 10.2 Å². The number of carbonyl (C=O) groups is 2. The summed E-state index contributed by atoms with van der Waals surface area (Å²) in [6.45, 7) is 3.97. The first-order chi connectivity index (χ1) is 14.2. The van der Waals surface area contributed by atoms with Crippen molar-refractivity contribution < 1.29 is 9.59 Å². The summed E-state index contributed by atoms with van der Waals surface area (Å²) in [5.41, 5.74) is 2.37. The van der Waals surface area contributed by atoms with Crippen LogP contribution < -0.4 is 10.2 Å². The maximum Gasteiger partial charge on any atom is 0.263 e. The number of likely N-dealkylation sites (tertiary alicyclic amines) is 1. The normalized spacial score (nSPS) is 19.8. The van der Waals surface area contributed by atoms with Gasteiger partial charge in [-0.1, -0.05) is 18.2 Å². The third kappa shape index (κ3) is 5.14. The molecule has 7 heteroatoms. The highest BCUT2D eigenvalue weighted by Crippen LogP contribution is 2.22. The van der Waals surface area contributed by atoms with Gasteiger partial charge in [-0.15, -0.1) is 11.3 Å². The molecule has 1 aromatic heterocycles. The predicted octanol–water partition coefficient (Wildman–Crippen LogP) is 3.47. The molecule has 2 amide bonds. The van der Waals surface area contributed by atoms with E-state index in [4.69, 9.17) is 0 Å². The van der Waals surface area contributed by atoms with Crippen LogP contribution in [0.5, 0.6) is 0 Å². The number of piperidine rings is 1. The van der Waals surface area contributed by atoms with Gasteiger partial charge in [-0.25, -0.2) is 0 Å². The number of nitrogens with zero attached hydrogens (tertiary/aromatic N) is 2. The fraction of sp³-hybridized carbons (Fsp3) is 0.455. The Bertz CT molecular complexity index is 817. The van der Waals surface area contributed by atoms with Crippen LogP contribution in [0.25, 0.3) is 0 Å². The Hall–Kier alpha value is -1.99. The fourth-order valence-electron chi connectivity index (χ4n) is 3.91. The lowest BCUT2D eigenvalue weighted by Crippen LogP contribution is -2.45. The van der Waals surface area contributed by atoms with Crippen LogP contribution in [0, 0.1) is 5.92 Å². The average molecular weight is 430 g/mol. The van der Waals surface area contributed by atoms with E-state index < -0.39 is 0 Å². The first kappa shape index (κ1) is 20.3. The molecule has 2 fully saturated rings. The van der Waals surface area contributed by atoms with Crippen molar-refractivity contribution in [1.29, 1.82) is 0 Å². The van der Waals surface area contributed by atoms with E-state index in [9.17, 15) is 9.59 Å². The first-order valence-electron chi connectivity index (χ1n) is 10.2. The van der Waals surface area contributed by atoms with E-state index in [1.807, 2.05) is 34.2 Å². The quantitative estimate of drug-likeness (QED) is 0.791. The molecule has 5 nitrogen and oxygen atoms in total. The van der Waals surface area contributed by atoms with Gasteiger partial charge in [-0.3, -0.25) is 9.59 Å². The van der Waals surface area contributed by atoms with E-state index in [2.05, 4.69) is 34.5 Å². The third-order valence-electron chi connectivity index (χ3n) is 5.59. The number of rotatable bonds is 5. The highest BCUT2D eigenvalue weighted by atomic mass is 32.2. The SMILES string of the molecule is O=C(NCc1ccc(N2CCSCC2)cc1)C1CCCN(C(=O)c2cccs2)C1. The molecule has 0 bridgehead atoms. The zero-order valence-corrected chi connectivity index (χ0v) is 18.1. The van der Waals surface area contributed by atoms with Gasteiger partial charge in [-0.05, 0) is 42.0 Å². The van der Waals surface area contributed by atoms with E-state index in [0.29, 0.717) is 13.1 Å². The Kier molecular flexibility index (Phi) is 6.77. The highest BCUT2D eigenvalue weighted by molar-refractivity contribution is 7.99. The topological polar surface area (TPSA) is 52.7 Å². The average Bonchev–Trinajstić information content (AvgIpc) is 3.33. The standard InChI is InChI=1S/C22H27N3O2S2/c26-21(18-3-1-9-25(16-18)22(27)20-4-2-12-29-20)23-15-17-5-7-19(8-6-17)24-10-13-28-14-11-24/h2,4-8,12,18H,1,3,9-11,13-16H2,(H,23,26). The van der Waals surface area contributed by atoms with Crippen molar-refractivity contribution in [3.05, 3.63) is 52.2 Å². The van der Waals surface area contributed by atoms with Crippen molar-refractivity contribution >= 4 is 40.6 Å². The van der Waals surface area contributed by atoms with Crippen molar-refractivity contribution in [2.45, 2.75) is 19.4 Å². The second-order valence-corrected chi connectivity index (χ2v) is 9.72. The van der Waals surface area contributed by atoms with E-state index in [0.717, 1.165) is 42.9 Å². The molecule has 154 valence electrons. The lowest BCUT2D eigenvalue weighted by atomic mass is 9.97. The van der Waals surface area contributed by atoms with Crippen LogP contribution in [0.4, 0.5) is 5.69 Å². The Labute approximate surface area is 180 Å². The molecule has 4 rings (SSSR count). The monoisotopic (exact) mass is 429 g/mol. The zero-order chi connectivity index (χ0) is 20.1. The van der Waals surface area contributed by atoms with Crippen molar-refractivity contribution in [3.63, 3.8) is 0 Å². The number of hydrogen-bond acceptors (Lipinski definition) is 5. The maximum absolute atomic E-state index is 12.7. The van der Waals surface area contributed by atoms with Crippen molar-refractivity contribution in [2.75, 3.05) is 42.6 Å².